The number of phenolic OH excluding ortho intramolecular Hbond substituents is 1. The molecule has 0 fully saturated rings. The van der Waals surface area contributed by atoms with E-state index in [1.165, 1.54) is 0 Å². The molecule has 0 aliphatic carbocycles. The molecule has 0 saturated heterocycles. The van der Waals surface area contributed by atoms with Crippen LogP contribution in [-0.4, -0.2) is 39.2 Å². The molecule has 0 radical (unpaired) electrons. The first-order valence-corrected chi connectivity index (χ1v) is 4.62. The van der Waals surface area contributed by atoms with E-state index in [1.54, 1.807) is 12.1 Å². The quantitative estimate of drug-likeness (QED) is 0.568. The van der Waals surface area contributed by atoms with E-state index >= 15 is 0 Å². The summed E-state index contributed by atoms with van der Waals surface area (Å²) in [6.07, 6.45) is 0. The van der Waals surface area contributed by atoms with Crippen molar-refractivity contribution in [3.8, 4) is 5.75 Å². The Hall–Kier alpha value is -0.190. The van der Waals surface area contributed by atoms with Crippen LogP contribution in [0, 0.1) is 0 Å². The standard InChI is InChI=1S/C10H8O2S.Na.H/c11-9-5-6-10(13-12)8-4-2-1-3-7(8)9;;/h1-6,11-12H;;. The molecule has 0 atom stereocenters. The fraction of sp³-hybridized carbons (Fsp3) is 0. The van der Waals surface area contributed by atoms with E-state index < -0.39 is 0 Å². The minimum atomic E-state index is 0. The van der Waals surface area contributed by atoms with Gasteiger partial charge in [0.2, 0.25) is 0 Å². The molecule has 0 amide bonds. The third-order valence-electron chi connectivity index (χ3n) is 1.96. The van der Waals surface area contributed by atoms with Crippen molar-refractivity contribution in [1.82, 2.24) is 0 Å². The number of benzene rings is 2. The summed E-state index contributed by atoms with van der Waals surface area (Å²) >= 11 is 0.696. The second-order valence-corrected chi connectivity index (χ2v) is 3.34. The molecule has 2 aromatic carbocycles. The van der Waals surface area contributed by atoms with E-state index in [1.807, 2.05) is 24.3 Å². The monoisotopic (exact) mass is 216 g/mol. The molecule has 0 spiro atoms. The fourth-order valence-corrected chi connectivity index (χ4v) is 1.74. The van der Waals surface area contributed by atoms with Gasteiger partial charge in [0.1, 0.15) is 5.75 Å². The summed E-state index contributed by atoms with van der Waals surface area (Å²) < 4.78 is 8.96. The van der Waals surface area contributed by atoms with Gasteiger partial charge in [0.15, 0.2) is 0 Å². The number of hydrogen-bond acceptors (Lipinski definition) is 3. The van der Waals surface area contributed by atoms with Gasteiger partial charge in [-0.25, -0.2) is 0 Å². The van der Waals surface area contributed by atoms with Crippen LogP contribution in [0.5, 0.6) is 5.75 Å². The molecule has 14 heavy (non-hydrogen) atoms. The van der Waals surface area contributed by atoms with Crippen molar-refractivity contribution in [1.29, 1.82) is 0 Å². The number of aromatic hydroxyl groups is 1. The van der Waals surface area contributed by atoms with Gasteiger partial charge >= 0.3 is 29.6 Å². The maximum atomic E-state index is 9.50. The first-order chi connectivity index (χ1) is 6.33. The van der Waals surface area contributed by atoms with Gasteiger partial charge in [0.25, 0.3) is 0 Å². The summed E-state index contributed by atoms with van der Waals surface area (Å²) in [5, 5.41) is 11.1. The summed E-state index contributed by atoms with van der Waals surface area (Å²) in [7, 11) is 0. The van der Waals surface area contributed by atoms with Crippen molar-refractivity contribution in [3.63, 3.8) is 0 Å². The minimum absolute atomic E-state index is 0. The van der Waals surface area contributed by atoms with Crippen molar-refractivity contribution in [2.24, 2.45) is 0 Å². The van der Waals surface area contributed by atoms with Crippen molar-refractivity contribution >= 4 is 52.4 Å². The van der Waals surface area contributed by atoms with E-state index in [0.717, 1.165) is 15.7 Å². The Balaban J connectivity index is 0.000000980. The number of phenols is 1. The van der Waals surface area contributed by atoms with E-state index in [-0.39, 0.29) is 35.3 Å². The molecule has 2 N–H and O–H groups in total. The third-order valence-corrected chi connectivity index (χ3v) is 2.51. The van der Waals surface area contributed by atoms with Crippen LogP contribution >= 0.6 is 12.0 Å². The fourth-order valence-electron chi connectivity index (χ4n) is 1.34. The van der Waals surface area contributed by atoms with Gasteiger partial charge < -0.3 is 9.66 Å². The summed E-state index contributed by atoms with van der Waals surface area (Å²) in [5.74, 6) is 0.244. The molecular formula is C10H9NaO2S. The molecule has 0 unspecified atom stereocenters. The Morgan fingerprint density at radius 1 is 0.929 bits per heavy atom. The number of hydrogen-bond donors (Lipinski definition) is 2. The van der Waals surface area contributed by atoms with Crippen LogP contribution in [0.4, 0.5) is 0 Å². The van der Waals surface area contributed by atoms with Gasteiger partial charge in [0, 0.05) is 27.7 Å². The van der Waals surface area contributed by atoms with Crippen LogP contribution in [0.15, 0.2) is 41.3 Å². The van der Waals surface area contributed by atoms with E-state index in [4.69, 9.17) is 4.55 Å². The molecule has 4 heteroatoms. The van der Waals surface area contributed by atoms with Crippen LogP contribution in [0.3, 0.4) is 0 Å². The summed E-state index contributed by atoms with van der Waals surface area (Å²) in [4.78, 5) is 0.758. The number of fused-ring (bicyclic) bond motifs is 1. The SMILES string of the molecule is OSc1ccc(O)c2ccccc12.[NaH]. The van der Waals surface area contributed by atoms with Crippen LogP contribution in [0.2, 0.25) is 0 Å². The zero-order valence-electron chi connectivity index (χ0n) is 6.77. The Bertz CT molecular complexity index is 445. The third kappa shape index (κ3) is 2.07. The Morgan fingerprint density at radius 3 is 2.21 bits per heavy atom. The molecule has 0 bridgehead atoms. The Morgan fingerprint density at radius 2 is 1.57 bits per heavy atom. The van der Waals surface area contributed by atoms with Gasteiger partial charge in [0.05, 0.1) is 0 Å². The van der Waals surface area contributed by atoms with Crippen molar-refractivity contribution in [2.45, 2.75) is 4.90 Å². The average molecular weight is 216 g/mol. The van der Waals surface area contributed by atoms with E-state index in [9.17, 15) is 5.11 Å². The van der Waals surface area contributed by atoms with Crippen LogP contribution in [-0.2, 0) is 0 Å². The Labute approximate surface area is 108 Å². The second-order valence-electron chi connectivity index (χ2n) is 2.72. The summed E-state index contributed by atoms with van der Waals surface area (Å²) in [6.45, 7) is 0. The van der Waals surface area contributed by atoms with Crippen LogP contribution in [0.1, 0.15) is 0 Å². The first-order valence-electron chi connectivity index (χ1n) is 3.85. The van der Waals surface area contributed by atoms with Crippen molar-refractivity contribution in [2.75, 3.05) is 0 Å². The number of rotatable bonds is 1. The predicted molar refractivity (Wildman–Crippen MR) is 61.2 cm³/mol. The zero-order chi connectivity index (χ0) is 9.26. The van der Waals surface area contributed by atoms with Crippen molar-refractivity contribution < 1.29 is 9.66 Å². The molecule has 0 aromatic heterocycles. The average Bonchev–Trinajstić information content (AvgIpc) is 2.19. The van der Waals surface area contributed by atoms with Crippen LogP contribution < -0.4 is 0 Å². The van der Waals surface area contributed by atoms with E-state index in [2.05, 4.69) is 0 Å². The normalized spacial score (nSPS) is 9.79. The van der Waals surface area contributed by atoms with Gasteiger partial charge in [-0.1, -0.05) is 24.3 Å². The molecule has 2 nitrogen and oxygen atoms in total. The zero-order valence-corrected chi connectivity index (χ0v) is 7.58. The van der Waals surface area contributed by atoms with Gasteiger partial charge in [-0.15, -0.1) is 0 Å². The van der Waals surface area contributed by atoms with Gasteiger partial charge in [-0.3, -0.25) is 0 Å². The van der Waals surface area contributed by atoms with Crippen LogP contribution in [0.25, 0.3) is 10.8 Å². The molecule has 2 rings (SSSR count). The molecule has 0 heterocycles. The molecule has 2 aromatic rings. The molecular weight excluding hydrogens is 207 g/mol. The Kier molecular flexibility index (Phi) is 4.29. The summed E-state index contributed by atoms with van der Waals surface area (Å²) in [6, 6.07) is 10.7. The van der Waals surface area contributed by atoms with Gasteiger partial charge in [-0.2, -0.15) is 0 Å². The molecule has 0 aliphatic heterocycles. The topological polar surface area (TPSA) is 40.5 Å². The molecule has 0 aliphatic rings. The molecule has 68 valence electrons. The first kappa shape index (κ1) is 11.9. The van der Waals surface area contributed by atoms with Gasteiger partial charge in [-0.05, 0) is 12.1 Å². The maximum absolute atomic E-state index is 9.50. The summed E-state index contributed by atoms with van der Waals surface area (Å²) in [5.41, 5.74) is 0. The second kappa shape index (κ2) is 5.05. The predicted octanol–water partition coefficient (Wildman–Crippen LogP) is 2.46. The van der Waals surface area contributed by atoms with E-state index in [0.29, 0.717) is 12.0 Å². The molecule has 0 saturated carbocycles. The van der Waals surface area contributed by atoms with Crippen molar-refractivity contribution in [3.05, 3.63) is 36.4 Å².